The van der Waals surface area contributed by atoms with Gasteiger partial charge in [0.1, 0.15) is 6.42 Å². The predicted molar refractivity (Wildman–Crippen MR) is 64.4 cm³/mol. The van der Waals surface area contributed by atoms with E-state index in [1.54, 1.807) is 41.5 Å². The lowest BCUT2D eigenvalue weighted by Gasteiger charge is -2.06. The molecular formula is C12H11N3O3. The lowest BCUT2D eigenvalue weighted by atomic mass is 10.2. The summed E-state index contributed by atoms with van der Waals surface area (Å²) in [6, 6.07) is 7.06. The van der Waals surface area contributed by atoms with E-state index < -0.39 is 18.3 Å². The molecule has 1 amide bonds. The zero-order valence-electron chi connectivity index (χ0n) is 9.41. The van der Waals surface area contributed by atoms with Crippen LogP contribution in [0.5, 0.6) is 0 Å². The Hall–Kier alpha value is -2.63. The molecule has 6 heteroatoms. The molecule has 0 aliphatic rings. The number of carbonyl (C=O) groups is 2. The molecule has 92 valence electrons. The molecule has 2 N–H and O–H groups in total. The number of amides is 1. The summed E-state index contributed by atoms with van der Waals surface area (Å²) >= 11 is 0. The molecule has 6 nitrogen and oxygen atoms in total. The summed E-state index contributed by atoms with van der Waals surface area (Å²) < 4.78 is 1.78. The number of hydrogen-bond acceptors (Lipinski definition) is 3. The van der Waals surface area contributed by atoms with Crippen molar-refractivity contribution in [2.45, 2.75) is 6.42 Å². The normalized spacial score (nSPS) is 10.0. The van der Waals surface area contributed by atoms with Crippen molar-refractivity contribution in [3.8, 4) is 5.69 Å². The Morgan fingerprint density at radius 3 is 2.89 bits per heavy atom. The zero-order chi connectivity index (χ0) is 13.0. The SMILES string of the molecule is O=C(O)CC(=O)Nc1cccc(-n2ccnc2)c1. The Labute approximate surface area is 103 Å². The highest BCUT2D eigenvalue weighted by Gasteiger charge is 2.08. The number of aromatic nitrogens is 2. The van der Waals surface area contributed by atoms with Crippen molar-refractivity contribution in [3.05, 3.63) is 43.0 Å². The van der Waals surface area contributed by atoms with Crippen LogP contribution in [0.15, 0.2) is 43.0 Å². The maximum absolute atomic E-state index is 11.3. The first-order valence-electron chi connectivity index (χ1n) is 5.25. The van der Waals surface area contributed by atoms with Crippen LogP contribution in [0, 0.1) is 0 Å². The minimum atomic E-state index is -1.15. The third-order valence-electron chi connectivity index (χ3n) is 2.24. The molecule has 1 heterocycles. The van der Waals surface area contributed by atoms with Crippen molar-refractivity contribution in [2.24, 2.45) is 0 Å². The van der Waals surface area contributed by atoms with E-state index in [9.17, 15) is 9.59 Å². The number of anilines is 1. The fourth-order valence-corrected chi connectivity index (χ4v) is 1.50. The van der Waals surface area contributed by atoms with E-state index in [4.69, 9.17) is 5.11 Å². The second-order valence-electron chi connectivity index (χ2n) is 3.64. The van der Waals surface area contributed by atoms with Crippen LogP contribution < -0.4 is 5.32 Å². The minimum absolute atomic E-state index is 0.546. The first kappa shape index (κ1) is 11.8. The van der Waals surface area contributed by atoms with E-state index in [1.165, 1.54) is 0 Å². The smallest absolute Gasteiger partial charge is 0.312 e. The van der Waals surface area contributed by atoms with Gasteiger partial charge in [-0.2, -0.15) is 0 Å². The molecule has 0 aliphatic carbocycles. The van der Waals surface area contributed by atoms with Crippen molar-refractivity contribution >= 4 is 17.6 Å². The van der Waals surface area contributed by atoms with Crippen LogP contribution in [-0.4, -0.2) is 26.5 Å². The first-order valence-corrected chi connectivity index (χ1v) is 5.25. The van der Waals surface area contributed by atoms with Gasteiger partial charge in [-0.25, -0.2) is 4.98 Å². The lowest BCUT2D eigenvalue weighted by Crippen LogP contribution is -2.15. The van der Waals surface area contributed by atoms with Crippen LogP contribution in [0.4, 0.5) is 5.69 Å². The summed E-state index contributed by atoms with van der Waals surface area (Å²) in [7, 11) is 0. The highest BCUT2D eigenvalue weighted by molar-refractivity contribution is 6.01. The molecule has 0 aliphatic heterocycles. The third-order valence-corrected chi connectivity index (χ3v) is 2.24. The number of nitrogens with one attached hydrogen (secondary N) is 1. The maximum Gasteiger partial charge on any atom is 0.312 e. The van der Waals surface area contributed by atoms with Gasteiger partial charge in [-0.3, -0.25) is 9.59 Å². The summed E-state index contributed by atoms with van der Waals surface area (Å²) in [5, 5.41) is 11.0. The molecular weight excluding hydrogens is 234 g/mol. The third kappa shape index (κ3) is 2.94. The number of benzene rings is 1. The van der Waals surface area contributed by atoms with Gasteiger partial charge in [0.05, 0.1) is 6.33 Å². The number of carboxylic acid groups (broad SMARTS) is 1. The Morgan fingerprint density at radius 2 is 2.22 bits per heavy atom. The molecule has 1 aromatic carbocycles. The van der Waals surface area contributed by atoms with Gasteiger partial charge < -0.3 is 15.0 Å². The largest absolute Gasteiger partial charge is 0.481 e. The van der Waals surface area contributed by atoms with Gasteiger partial charge in [0, 0.05) is 23.8 Å². The maximum atomic E-state index is 11.3. The van der Waals surface area contributed by atoms with Crippen molar-refractivity contribution < 1.29 is 14.7 Å². The van der Waals surface area contributed by atoms with E-state index in [-0.39, 0.29) is 0 Å². The summed E-state index contributed by atoms with van der Waals surface area (Å²) in [5.74, 6) is -1.71. The number of aliphatic carboxylic acids is 1. The average molecular weight is 245 g/mol. The molecule has 0 saturated carbocycles. The number of rotatable bonds is 4. The Balaban J connectivity index is 2.13. The van der Waals surface area contributed by atoms with Crippen LogP contribution in [-0.2, 0) is 9.59 Å². The quantitative estimate of drug-likeness (QED) is 0.795. The highest BCUT2D eigenvalue weighted by atomic mass is 16.4. The van der Waals surface area contributed by atoms with E-state index >= 15 is 0 Å². The summed E-state index contributed by atoms with van der Waals surface area (Å²) in [4.78, 5) is 25.6. The molecule has 0 radical (unpaired) electrons. The number of carboxylic acids is 1. The highest BCUT2D eigenvalue weighted by Crippen LogP contribution is 2.14. The zero-order valence-corrected chi connectivity index (χ0v) is 9.41. The number of nitrogens with zero attached hydrogens (tertiary/aromatic N) is 2. The van der Waals surface area contributed by atoms with Crippen LogP contribution in [0.3, 0.4) is 0 Å². The van der Waals surface area contributed by atoms with Crippen LogP contribution >= 0.6 is 0 Å². The van der Waals surface area contributed by atoms with Crippen molar-refractivity contribution in [3.63, 3.8) is 0 Å². The first-order chi connectivity index (χ1) is 8.65. The number of imidazole rings is 1. The van der Waals surface area contributed by atoms with Crippen molar-refractivity contribution in [1.82, 2.24) is 9.55 Å². The van der Waals surface area contributed by atoms with E-state index in [0.717, 1.165) is 5.69 Å². The Morgan fingerprint density at radius 1 is 1.39 bits per heavy atom. The summed E-state index contributed by atoms with van der Waals surface area (Å²) in [6.45, 7) is 0. The molecule has 0 saturated heterocycles. The predicted octanol–water partition coefficient (Wildman–Crippen LogP) is 1.29. The Bertz CT molecular complexity index is 564. The molecule has 2 rings (SSSR count). The number of hydrogen-bond donors (Lipinski definition) is 2. The summed E-state index contributed by atoms with van der Waals surface area (Å²) in [5.41, 5.74) is 1.38. The minimum Gasteiger partial charge on any atom is -0.481 e. The average Bonchev–Trinajstić information content (AvgIpc) is 2.81. The van der Waals surface area contributed by atoms with Gasteiger partial charge in [0.25, 0.3) is 0 Å². The molecule has 0 fully saturated rings. The van der Waals surface area contributed by atoms with Gasteiger partial charge in [-0.1, -0.05) is 6.07 Å². The van der Waals surface area contributed by atoms with Gasteiger partial charge in [0.2, 0.25) is 5.91 Å². The monoisotopic (exact) mass is 245 g/mol. The molecule has 2 aromatic rings. The molecule has 1 aromatic heterocycles. The topological polar surface area (TPSA) is 84.2 Å². The van der Waals surface area contributed by atoms with Crippen molar-refractivity contribution in [2.75, 3.05) is 5.32 Å². The van der Waals surface area contributed by atoms with Gasteiger partial charge in [-0.05, 0) is 18.2 Å². The standard InChI is InChI=1S/C12H11N3O3/c16-11(7-12(17)18)14-9-2-1-3-10(6-9)15-5-4-13-8-15/h1-6,8H,7H2,(H,14,16)(H,17,18). The van der Waals surface area contributed by atoms with E-state index in [0.29, 0.717) is 5.69 Å². The molecule has 0 atom stereocenters. The van der Waals surface area contributed by atoms with Crippen molar-refractivity contribution in [1.29, 1.82) is 0 Å². The van der Waals surface area contributed by atoms with Gasteiger partial charge in [0.15, 0.2) is 0 Å². The molecule has 0 unspecified atom stereocenters. The number of carbonyl (C=O) groups excluding carboxylic acids is 1. The second kappa shape index (κ2) is 5.13. The van der Waals surface area contributed by atoms with E-state index in [2.05, 4.69) is 10.3 Å². The molecule has 0 spiro atoms. The lowest BCUT2D eigenvalue weighted by molar-refractivity contribution is -0.139. The molecule has 0 bridgehead atoms. The summed E-state index contributed by atoms with van der Waals surface area (Å²) in [6.07, 6.45) is 4.52. The van der Waals surface area contributed by atoms with E-state index in [1.807, 2.05) is 6.07 Å². The fourth-order valence-electron chi connectivity index (χ4n) is 1.50. The van der Waals surface area contributed by atoms with Gasteiger partial charge in [-0.15, -0.1) is 0 Å². The van der Waals surface area contributed by atoms with Crippen LogP contribution in [0.1, 0.15) is 6.42 Å². The fraction of sp³-hybridized carbons (Fsp3) is 0.0833. The molecule has 18 heavy (non-hydrogen) atoms. The second-order valence-corrected chi connectivity index (χ2v) is 3.64. The van der Waals surface area contributed by atoms with Crippen LogP contribution in [0.2, 0.25) is 0 Å². The van der Waals surface area contributed by atoms with Gasteiger partial charge >= 0.3 is 5.97 Å². The van der Waals surface area contributed by atoms with Crippen LogP contribution in [0.25, 0.3) is 5.69 Å². The Kier molecular flexibility index (Phi) is 3.38.